The van der Waals surface area contributed by atoms with Crippen LogP contribution in [0.3, 0.4) is 0 Å². The lowest BCUT2D eigenvalue weighted by molar-refractivity contribution is 0.405. The number of methoxy groups -OCH3 is 1. The second kappa shape index (κ2) is 6.61. The molecule has 0 aliphatic heterocycles. The largest absolute Gasteiger partial charge is 0.496 e. The fraction of sp³-hybridized carbons (Fsp3) is 0.250. The molecule has 0 bridgehead atoms. The Kier molecular flexibility index (Phi) is 5.08. The molecule has 0 fully saturated rings. The van der Waals surface area contributed by atoms with Crippen LogP contribution in [-0.2, 0) is 0 Å². The van der Waals surface area contributed by atoms with Crippen LogP contribution in [0.1, 0.15) is 22.7 Å². The number of hydrogen-bond donors (Lipinski definition) is 1. The zero-order chi connectivity index (χ0) is 14.7. The Labute approximate surface area is 133 Å². The zero-order valence-electron chi connectivity index (χ0n) is 11.7. The van der Waals surface area contributed by atoms with E-state index >= 15 is 0 Å². The van der Waals surface area contributed by atoms with Crippen molar-refractivity contribution in [3.8, 4) is 5.75 Å². The number of aryl methyl sites for hydroxylation is 1. The molecular weight excluding hydrogens is 338 g/mol. The molecule has 2 rings (SSSR count). The van der Waals surface area contributed by atoms with E-state index in [0.717, 1.165) is 31.9 Å². The van der Waals surface area contributed by atoms with Crippen molar-refractivity contribution in [1.29, 1.82) is 0 Å². The fourth-order valence-electron chi connectivity index (χ4n) is 2.22. The average Bonchev–Trinajstić information content (AvgIpc) is 2.44. The second-order valence-electron chi connectivity index (χ2n) is 4.62. The van der Waals surface area contributed by atoms with E-state index in [2.05, 4.69) is 33.4 Å². The molecule has 2 aromatic rings. The SMILES string of the molecule is CNC(c1ccc(C)c(Cl)c1)c1cc(Br)ccc1OC. The number of rotatable bonds is 4. The van der Waals surface area contributed by atoms with Gasteiger partial charge in [0.1, 0.15) is 5.75 Å². The molecule has 20 heavy (non-hydrogen) atoms. The fourth-order valence-corrected chi connectivity index (χ4v) is 2.79. The van der Waals surface area contributed by atoms with E-state index in [9.17, 15) is 0 Å². The number of benzene rings is 2. The first-order chi connectivity index (χ1) is 9.56. The van der Waals surface area contributed by atoms with Gasteiger partial charge >= 0.3 is 0 Å². The van der Waals surface area contributed by atoms with Gasteiger partial charge in [-0.05, 0) is 49.4 Å². The van der Waals surface area contributed by atoms with E-state index in [4.69, 9.17) is 16.3 Å². The maximum Gasteiger partial charge on any atom is 0.124 e. The molecule has 2 aromatic carbocycles. The third kappa shape index (κ3) is 3.17. The Bertz CT molecular complexity index is 615. The molecule has 0 aromatic heterocycles. The predicted molar refractivity (Wildman–Crippen MR) is 87.8 cm³/mol. The van der Waals surface area contributed by atoms with Crippen molar-refractivity contribution in [3.63, 3.8) is 0 Å². The van der Waals surface area contributed by atoms with Gasteiger partial charge in [-0.2, -0.15) is 0 Å². The summed E-state index contributed by atoms with van der Waals surface area (Å²) in [7, 11) is 3.61. The molecule has 4 heteroatoms. The van der Waals surface area contributed by atoms with Crippen LogP contribution in [0.4, 0.5) is 0 Å². The van der Waals surface area contributed by atoms with Crippen LogP contribution in [-0.4, -0.2) is 14.2 Å². The van der Waals surface area contributed by atoms with Gasteiger partial charge in [0.25, 0.3) is 0 Å². The summed E-state index contributed by atoms with van der Waals surface area (Å²) in [6, 6.07) is 12.1. The highest BCUT2D eigenvalue weighted by Crippen LogP contribution is 2.33. The lowest BCUT2D eigenvalue weighted by atomic mass is 9.97. The van der Waals surface area contributed by atoms with E-state index in [1.165, 1.54) is 0 Å². The molecule has 0 amide bonds. The van der Waals surface area contributed by atoms with Crippen molar-refractivity contribution in [1.82, 2.24) is 5.32 Å². The van der Waals surface area contributed by atoms with E-state index in [0.29, 0.717) is 0 Å². The minimum atomic E-state index is 0.0283. The van der Waals surface area contributed by atoms with E-state index in [1.54, 1.807) is 7.11 Å². The quantitative estimate of drug-likeness (QED) is 0.857. The first kappa shape index (κ1) is 15.4. The second-order valence-corrected chi connectivity index (χ2v) is 5.94. The zero-order valence-corrected chi connectivity index (χ0v) is 14.0. The van der Waals surface area contributed by atoms with Gasteiger partial charge in [-0.3, -0.25) is 0 Å². The summed E-state index contributed by atoms with van der Waals surface area (Å²) in [5.74, 6) is 0.851. The van der Waals surface area contributed by atoms with Crippen LogP contribution < -0.4 is 10.1 Å². The highest BCUT2D eigenvalue weighted by molar-refractivity contribution is 9.10. The van der Waals surface area contributed by atoms with Crippen LogP contribution >= 0.6 is 27.5 Å². The summed E-state index contributed by atoms with van der Waals surface area (Å²) in [5, 5.41) is 4.10. The monoisotopic (exact) mass is 353 g/mol. The third-order valence-electron chi connectivity index (χ3n) is 3.32. The van der Waals surface area contributed by atoms with Crippen molar-refractivity contribution >= 4 is 27.5 Å². The van der Waals surface area contributed by atoms with Gasteiger partial charge < -0.3 is 10.1 Å². The lowest BCUT2D eigenvalue weighted by Gasteiger charge is -2.21. The molecule has 1 N–H and O–H groups in total. The minimum Gasteiger partial charge on any atom is -0.496 e. The summed E-state index contributed by atoms with van der Waals surface area (Å²) < 4.78 is 6.48. The highest BCUT2D eigenvalue weighted by atomic mass is 79.9. The van der Waals surface area contributed by atoms with Crippen LogP contribution in [0.5, 0.6) is 5.75 Å². The summed E-state index contributed by atoms with van der Waals surface area (Å²) in [4.78, 5) is 0. The summed E-state index contributed by atoms with van der Waals surface area (Å²) >= 11 is 9.75. The third-order valence-corrected chi connectivity index (χ3v) is 4.22. The Morgan fingerprint density at radius 1 is 1.20 bits per heavy atom. The van der Waals surface area contributed by atoms with Crippen molar-refractivity contribution in [2.75, 3.05) is 14.2 Å². The topological polar surface area (TPSA) is 21.3 Å². The Hall–Kier alpha value is -1.03. The van der Waals surface area contributed by atoms with E-state index in [1.807, 2.05) is 38.2 Å². The molecule has 0 spiro atoms. The molecule has 0 saturated carbocycles. The Morgan fingerprint density at radius 3 is 2.55 bits per heavy atom. The van der Waals surface area contributed by atoms with Gasteiger partial charge in [-0.15, -0.1) is 0 Å². The smallest absolute Gasteiger partial charge is 0.124 e. The molecule has 1 unspecified atom stereocenters. The van der Waals surface area contributed by atoms with Crippen LogP contribution in [0, 0.1) is 6.92 Å². The lowest BCUT2D eigenvalue weighted by Crippen LogP contribution is -2.18. The maximum atomic E-state index is 6.24. The van der Waals surface area contributed by atoms with Gasteiger partial charge in [0.15, 0.2) is 0 Å². The van der Waals surface area contributed by atoms with E-state index < -0.39 is 0 Å². The Balaban J connectivity index is 2.51. The number of nitrogens with one attached hydrogen (secondary N) is 1. The van der Waals surface area contributed by atoms with Crippen LogP contribution in [0.25, 0.3) is 0 Å². The molecule has 0 aliphatic carbocycles. The average molecular weight is 355 g/mol. The van der Waals surface area contributed by atoms with Crippen molar-refractivity contribution < 1.29 is 4.74 Å². The summed E-state index contributed by atoms with van der Waals surface area (Å²) in [6.07, 6.45) is 0. The number of halogens is 2. The highest BCUT2D eigenvalue weighted by Gasteiger charge is 2.17. The number of hydrogen-bond acceptors (Lipinski definition) is 2. The van der Waals surface area contributed by atoms with Gasteiger partial charge in [-0.25, -0.2) is 0 Å². The molecule has 0 heterocycles. The van der Waals surface area contributed by atoms with Crippen LogP contribution in [0.15, 0.2) is 40.9 Å². The van der Waals surface area contributed by atoms with Crippen molar-refractivity contribution in [3.05, 3.63) is 62.6 Å². The molecule has 0 saturated heterocycles. The molecular formula is C16H17BrClNO. The van der Waals surface area contributed by atoms with E-state index in [-0.39, 0.29) is 6.04 Å². The van der Waals surface area contributed by atoms with Gasteiger partial charge in [-0.1, -0.05) is 39.7 Å². The molecule has 0 radical (unpaired) electrons. The summed E-state index contributed by atoms with van der Waals surface area (Å²) in [5.41, 5.74) is 3.26. The molecule has 1 atom stereocenters. The standard InChI is InChI=1S/C16H17BrClNO/c1-10-4-5-11(8-14(10)18)16(19-2)13-9-12(17)6-7-15(13)20-3/h4-9,16,19H,1-3H3. The number of ether oxygens (including phenoxy) is 1. The van der Waals surface area contributed by atoms with Gasteiger partial charge in [0.2, 0.25) is 0 Å². The first-order valence-corrected chi connectivity index (χ1v) is 7.50. The van der Waals surface area contributed by atoms with Crippen molar-refractivity contribution in [2.45, 2.75) is 13.0 Å². The van der Waals surface area contributed by atoms with Crippen molar-refractivity contribution in [2.24, 2.45) is 0 Å². The molecule has 0 aliphatic rings. The van der Waals surface area contributed by atoms with Crippen LogP contribution in [0.2, 0.25) is 5.02 Å². The van der Waals surface area contributed by atoms with Gasteiger partial charge in [0, 0.05) is 15.1 Å². The predicted octanol–water partition coefficient (Wildman–Crippen LogP) is 4.73. The van der Waals surface area contributed by atoms with Gasteiger partial charge in [0.05, 0.1) is 13.2 Å². The first-order valence-electron chi connectivity index (χ1n) is 6.33. The normalized spacial score (nSPS) is 12.2. The minimum absolute atomic E-state index is 0.0283. The summed E-state index contributed by atoms with van der Waals surface area (Å²) in [6.45, 7) is 2.00. The molecule has 106 valence electrons. The maximum absolute atomic E-state index is 6.24. The Morgan fingerprint density at radius 2 is 1.95 bits per heavy atom. The molecule has 2 nitrogen and oxygen atoms in total.